The van der Waals surface area contributed by atoms with Crippen LogP contribution in [0.2, 0.25) is 0 Å². The van der Waals surface area contributed by atoms with Crippen molar-refractivity contribution in [3.63, 3.8) is 0 Å². The molecule has 0 atom stereocenters. The van der Waals surface area contributed by atoms with Gasteiger partial charge >= 0.3 is 11.9 Å². The Bertz CT molecular complexity index is 442. The van der Waals surface area contributed by atoms with E-state index < -0.39 is 11.9 Å². The second kappa shape index (κ2) is 3.58. The van der Waals surface area contributed by atoms with E-state index in [0.717, 1.165) is 10.5 Å². The Kier molecular flexibility index (Phi) is 2.40. The van der Waals surface area contributed by atoms with E-state index in [-0.39, 0.29) is 5.57 Å². The lowest BCUT2D eigenvalue weighted by Crippen LogP contribution is -2.05. The third kappa shape index (κ3) is 1.70. The van der Waals surface area contributed by atoms with Crippen LogP contribution in [0.4, 0.5) is 0 Å². The van der Waals surface area contributed by atoms with Crippen molar-refractivity contribution in [3.8, 4) is 0 Å². The molecule has 0 spiro atoms. The molecule has 2 rings (SSSR count). The van der Waals surface area contributed by atoms with Crippen LogP contribution in [-0.4, -0.2) is 27.9 Å². The minimum atomic E-state index is -0.967. The molecule has 0 unspecified atom stereocenters. The standard InChI is InChI=1S/C10H8O4S/c11-9(12)5-1-2-6-7(10(13)14)4-15-8(6)3-5/h1,3H,2,4H2,(H,11,12)(H,13,14). The maximum Gasteiger partial charge on any atom is 0.335 e. The van der Waals surface area contributed by atoms with Gasteiger partial charge in [-0.1, -0.05) is 6.08 Å². The number of aliphatic carboxylic acids is 2. The van der Waals surface area contributed by atoms with Crippen molar-refractivity contribution in [1.29, 1.82) is 0 Å². The summed E-state index contributed by atoms with van der Waals surface area (Å²) in [6.07, 6.45) is 3.50. The lowest BCUT2D eigenvalue weighted by atomic mass is 9.98. The summed E-state index contributed by atoms with van der Waals surface area (Å²) in [6, 6.07) is 0. The molecule has 15 heavy (non-hydrogen) atoms. The molecule has 1 heterocycles. The molecule has 0 aromatic rings. The number of allylic oxidation sites excluding steroid dienone is 2. The maximum absolute atomic E-state index is 10.8. The predicted molar refractivity (Wildman–Crippen MR) is 55.5 cm³/mol. The van der Waals surface area contributed by atoms with Gasteiger partial charge in [-0.15, -0.1) is 11.8 Å². The topological polar surface area (TPSA) is 74.6 Å². The average Bonchev–Trinajstić information content (AvgIpc) is 2.59. The minimum absolute atomic E-state index is 0.243. The first-order valence-electron chi connectivity index (χ1n) is 4.33. The molecule has 1 aliphatic heterocycles. The van der Waals surface area contributed by atoms with Crippen molar-refractivity contribution in [3.05, 3.63) is 33.8 Å². The van der Waals surface area contributed by atoms with Gasteiger partial charge in [0.15, 0.2) is 0 Å². The van der Waals surface area contributed by atoms with E-state index in [9.17, 15) is 9.59 Å². The molecule has 0 aromatic carbocycles. The number of carboxylic acid groups (broad SMARTS) is 2. The number of carbonyl (C=O) groups is 2. The Hall–Kier alpha value is -1.49. The van der Waals surface area contributed by atoms with Crippen molar-refractivity contribution in [2.75, 3.05) is 5.75 Å². The largest absolute Gasteiger partial charge is 0.478 e. The van der Waals surface area contributed by atoms with Gasteiger partial charge in [0.1, 0.15) is 0 Å². The Morgan fingerprint density at radius 2 is 2.00 bits per heavy atom. The molecule has 0 aromatic heterocycles. The summed E-state index contributed by atoms with van der Waals surface area (Å²) in [4.78, 5) is 22.3. The molecule has 78 valence electrons. The van der Waals surface area contributed by atoms with Crippen LogP contribution in [0.1, 0.15) is 6.42 Å². The summed E-state index contributed by atoms with van der Waals surface area (Å²) in [6.45, 7) is 0. The Morgan fingerprint density at radius 1 is 1.27 bits per heavy atom. The van der Waals surface area contributed by atoms with Crippen LogP contribution in [0, 0.1) is 0 Å². The van der Waals surface area contributed by atoms with Gasteiger partial charge in [0.25, 0.3) is 0 Å². The van der Waals surface area contributed by atoms with E-state index in [1.165, 1.54) is 11.8 Å². The normalized spacial score (nSPS) is 19.5. The van der Waals surface area contributed by atoms with E-state index >= 15 is 0 Å². The summed E-state index contributed by atoms with van der Waals surface area (Å²) < 4.78 is 0. The van der Waals surface area contributed by atoms with Gasteiger partial charge in [-0.2, -0.15) is 0 Å². The van der Waals surface area contributed by atoms with Gasteiger partial charge in [0.2, 0.25) is 0 Å². The van der Waals surface area contributed by atoms with Crippen molar-refractivity contribution >= 4 is 23.7 Å². The van der Waals surface area contributed by atoms with Crippen molar-refractivity contribution in [2.24, 2.45) is 0 Å². The Balaban J connectivity index is 2.37. The summed E-state index contributed by atoms with van der Waals surface area (Å²) in [7, 11) is 0. The quantitative estimate of drug-likeness (QED) is 0.741. The van der Waals surface area contributed by atoms with Gasteiger partial charge < -0.3 is 10.2 Å². The first-order valence-corrected chi connectivity index (χ1v) is 5.32. The zero-order valence-corrected chi connectivity index (χ0v) is 8.50. The molecule has 1 aliphatic carbocycles. The fraction of sp³-hybridized carbons (Fsp3) is 0.200. The number of fused-ring (bicyclic) bond motifs is 1. The van der Waals surface area contributed by atoms with Crippen molar-refractivity contribution in [2.45, 2.75) is 6.42 Å². The maximum atomic E-state index is 10.8. The highest BCUT2D eigenvalue weighted by molar-refractivity contribution is 8.03. The summed E-state index contributed by atoms with van der Waals surface area (Å²) in [5.74, 6) is -1.45. The zero-order valence-electron chi connectivity index (χ0n) is 7.69. The highest BCUT2D eigenvalue weighted by atomic mass is 32.2. The molecule has 5 heteroatoms. The first kappa shape index (κ1) is 10.0. The van der Waals surface area contributed by atoms with Crippen LogP contribution >= 0.6 is 11.8 Å². The fourth-order valence-corrected chi connectivity index (χ4v) is 2.77. The predicted octanol–water partition coefficient (Wildman–Crippen LogP) is 1.41. The Morgan fingerprint density at radius 3 is 2.60 bits per heavy atom. The van der Waals surface area contributed by atoms with E-state index in [4.69, 9.17) is 10.2 Å². The minimum Gasteiger partial charge on any atom is -0.478 e. The van der Waals surface area contributed by atoms with Gasteiger partial charge in [-0.25, -0.2) is 9.59 Å². The van der Waals surface area contributed by atoms with Gasteiger partial charge in [0, 0.05) is 10.7 Å². The number of hydrogen-bond acceptors (Lipinski definition) is 3. The molecule has 0 radical (unpaired) electrons. The van der Waals surface area contributed by atoms with Crippen molar-refractivity contribution in [1.82, 2.24) is 0 Å². The molecule has 0 amide bonds. The van der Waals surface area contributed by atoms with E-state index in [2.05, 4.69) is 0 Å². The SMILES string of the molecule is O=C(O)C1=CCC2=C(C(=O)O)CSC2=C1. The smallest absolute Gasteiger partial charge is 0.335 e. The average molecular weight is 224 g/mol. The van der Waals surface area contributed by atoms with Crippen LogP contribution in [0.5, 0.6) is 0 Å². The second-order valence-corrected chi connectivity index (χ2v) is 4.25. The molecule has 2 aliphatic rings. The molecule has 4 nitrogen and oxygen atoms in total. The molecule has 0 saturated carbocycles. The van der Waals surface area contributed by atoms with E-state index in [1.807, 2.05) is 0 Å². The first-order chi connectivity index (χ1) is 7.09. The van der Waals surface area contributed by atoms with Crippen LogP contribution < -0.4 is 0 Å². The van der Waals surface area contributed by atoms with E-state index in [0.29, 0.717) is 17.7 Å². The van der Waals surface area contributed by atoms with Crippen LogP contribution in [-0.2, 0) is 9.59 Å². The van der Waals surface area contributed by atoms with Crippen molar-refractivity contribution < 1.29 is 19.8 Å². The highest BCUT2D eigenvalue weighted by Crippen LogP contribution is 2.41. The second-order valence-electron chi connectivity index (χ2n) is 3.23. The monoisotopic (exact) mass is 224 g/mol. The number of hydrogen-bond donors (Lipinski definition) is 2. The number of carboxylic acids is 2. The summed E-state index contributed by atoms with van der Waals surface area (Å²) >= 11 is 1.39. The van der Waals surface area contributed by atoms with E-state index in [1.54, 1.807) is 12.2 Å². The van der Waals surface area contributed by atoms with Gasteiger partial charge in [-0.05, 0) is 18.1 Å². The van der Waals surface area contributed by atoms with Crippen LogP contribution in [0.15, 0.2) is 33.8 Å². The Labute approximate surface area is 90.0 Å². The lowest BCUT2D eigenvalue weighted by molar-refractivity contribution is -0.133. The van der Waals surface area contributed by atoms with Crippen LogP contribution in [0.3, 0.4) is 0 Å². The van der Waals surface area contributed by atoms with Gasteiger partial charge in [-0.3, -0.25) is 0 Å². The molecule has 2 N–H and O–H groups in total. The number of thioether (sulfide) groups is 1. The lowest BCUT2D eigenvalue weighted by Gasteiger charge is -2.09. The van der Waals surface area contributed by atoms with Gasteiger partial charge in [0.05, 0.1) is 11.1 Å². The molecular weight excluding hydrogens is 216 g/mol. The third-order valence-corrected chi connectivity index (χ3v) is 3.46. The zero-order chi connectivity index (χ0) is 11.0. The molecule has 0 bridgehead atoms. The van der Waals surface area contributed by atoms with Crippen LogP contribution in [0.25, 0.3) is 0 Å². The fourth-order valence-electron chi connectivity index (χ4n) is 1.58. The number of rotatable bonds is 2. The summed E-state index contributed by atoms with van der Waals surface area (Å²) in [5, 5.41) is 17.7. The highest BCUT2D eigenvalue weighted by Gasteiger charge is 2.27. The molecule has 0 saturated heterocycles. The third-order valence-electron chi connectivity index (χ3n) is 2.35. The summed E-state index contributed by atoms with van der Waals surface area (Å²) in [5.41, 5.74) is 1.40. The molecule has 0 fully saturated rings. The molecular formula is C10H8O4S.